The average molecular weight is 649 g/mol. The van der Waals surface area contributed by atoms with E-state index in [9.17, 15) is 21.6 Å². The number of anilines is 1. The summed E-state index contributed by atoms with van der Waals surface area (Å²) in [6.45, 7) is 1.72. The van der Waals surface area contributed by atoms with E-state index in [4.69, 9.17) is 21.1 Å². The molecule has 0 aromatic heterocycles. The number of carbonyl (C=O) groups is 1. The van der Waals surface area contributed by atoms with E-state index in [0.717, 1.165) is 32.1 Å². The minimum atomic E-state index is -4.25. The van der Waals surface area contributed by atoms with Gasteiger partial charge in [-0.3, -0.25) is 4.79 Å². The highest BCUT2D eigenvalue weighted by molar-refractivity contribution is 7.91. The molecule has 9 nitrogen and oxygen atoms in total. The van der Waals surface area contributed by atoms with Gasteiger partial charge in [-0.15, -0.1) is 0 Å². The first-order valence-electron chi connectivity index (χ1n) is 14.7. The monoisotopic (exact) mass is 648 g/mol. The highest BCUT2D eigenvalue weighted by Gasteiger charge is 2.44. The van der Waals surface area contributed by atoms with Crippen molar-refractivity contribution in [1.82, 2.24) is 4.72 Å². The molecule has 12 heteroatoms. The van der Waals surface area contributed by atoms with Crippen molar-refractivity contribution in [2.24, 2.45) is 11.8 Å². The highest BCUT2D eigenvalue weighted by Crippen LogP contribution is 2.47. The average Bonchev–Trinajstić information content (AvgIpc) is 3.10. The maximum absolute atomic E-state index is 13.3. The molecule has 2 aromatic rings. The number of benzene rings is 2. The van der Waals surface area contributed by atoms with Crippen LogP contribution in [0.2, 0.25) is 5.02 Å². The molecule has 1 amide bonds. The van der Waals surface area contributed by atoms with Crippen LogP contribution in [0.1, 0.15) is 43.2 Å². The lowest BCUT2D eigenvalue weighted by molar-refractivity contribution is -0.118. The minimum absolute atomic E-state index is 0.0752. The Kier molecular flexibility index (Phi) is 8.29. The SMILES string of the molecule is COC1/C=C/CS(=O)(=O)CCC(=O)NS(=O)(=O)c2ccc3c(c2)N(C[C@@H]2CC[C@@H]12)C[C@@]1(CCCc2cc(Cl)ccc21)CO3. The van der Waals surface area contributed by atoms with Crippen molar-refractivity contribution in [3.63, 3.8) is 0 Å². The van der Waals surface area contributed by atoms with Crippen molar-refractivity contribution >= 4 is 43.1 Å². The summed E-state index contributed by atoms with van der Waals surface area (Å²) in [5, 5.41) is 0.704. The standard InChI is InChI=1S/C31H37ClN2O7S2/c1-40-28-5-3-14-42(36,37)15-12-30(35)33-43(38,39)24-8-11-29-27(17-24)34(18-22-6-9-25(22)28)19-31(20-41-29)13-2-4-21-16-23(32)7-10-26(21)31/h3,5,7-8,10-11,16-17,22,25,28H,2,4,6,9,12-15,18-20H2,1H3,(H,33,35)/b5-3+/t22-,25+,28?,31-/m0/s1. The van der Waals surface area contributed by atoms with Gasteiger partial charge in [-0.25, -0.2) is 21.6 Å². The van der Waals surface area contributed by atoms with Gasteiger partial charge in [-0.2, -0.15) is 0 Å². The molecule has 0 saturated heterocycles. The fraction of sp³-hybridized carbons (Fsp3) is 0.516. The van der Waals surface area contributed by atoms with Crippen LogP contribution >= 0.6 is 11.6 Å². The Morgan fingerprint density at radius 3 is 2.70 bits per heavy atom. The lowest BCUT2D eigenvalue weighted by atomic mass is 9.68. The number of hydrogen-bond donors (Lipinski definition) is 1. The predicted molar refractivity (Wildman–Crippen MR) is 165 cm³/mol. The maximum atomic E-state index is 13.3. The van der Waals surface area contributed by atoms with Gasteiger partial charge in [-0.05, 0) is 85.4 Å². The summed E-state index contributed by atoms with van der Waals surface area (Å²) in [6, 6.07) is 10.7. The molecular formula is C31H37ClN2O7S2. The summed E-state index contributed by atoms with van der Waals surface area (Å²) < 4.78 is 66.2. The van der Waals surface area contributed by atoms with Crippen molar-refractivity contribution in [1.29, 1.82) is 0 Å². The van der Waals surface area contributed by atoms with Gasteiger partial charge in [-0.1, -0.05) is 29.8 Å². The van der Waals surface area contributed by atoms with Crippen LogP contribution in [0.3, 0.4) is 0 Å². The number of aryl methyl sites for hydroxylation is 1. The lowest BCUT2D eigenvalue weighted by Gasteiger charge is -2.46. The van der Waals surface area contributed by atoms with Gasteiger partial charge in [0.25, 0.3) is 10.0 Å². The van der Waals surface area contributed by atoms with Crippen LogP contribution < -0.4 is 14.4 Å². The molecule has 2 bridgehead atoms. The molecule has 2 aliphatic carbocycles. The topological polar surface area (TPSA) is 119 Å². The quantitative estimate of drug-likeness (QED) is 0.461. The molecule has 2 aliphatic heterocycles. The summed E-state index contributed by atoms with van der Waals surface area (Å²) in [5.74, 6) is -0.573. The first-order chi connectivity index (χ1) is 20.5. The molecule has 0 radical (unpaired) electrons. The number of methoxy groups -OCH3 is 1. The van der Waals surface area contributed by atoms with E-state index in [1.165, 1.54) is 17.2 Å². The second-order valence-electron chi connectivity index (χ2n) is 12.3. The van der Waals surface area contributed by atoms with Gasteiger partial charge in [0.15, 0.2) is 9.84 Å². The molecule has 1 unspecified atom stereocenters. The van der Waals surface area contributed by atoms with Crippen LogP contribution in [0, 0.1) is 11.8 Å². The van der Waals surface area contributed by atoms with E-state index >= 15 is 0 Å². The highest BCUT2D eigenvalue weighted by atomic mass is 35.5. The van der Waals surface area contributed by atoms with E-state index in [2.05, 4.69) is 15.7 Å². The predicted octanol–water partition coefficient (Wildman–Crippen LogP) is 4.03. The lowest BCUT2D eigenvalue weighted by Crippen LogP contribution is -2.49. The van der Waals surface area contributed by atoms with E-state index in [1.807, 2.05) is 18.2 Å². The molecular weight excluding hydrogens is 612 g/mol. The van der Waals surface area contributed by atoms with Gasteiger partial charge in [0, 0.05) is 37.1 Å². The largest absolute Gasteiger partial charge is 0.490 e. The molecule has 232 valence electrons. The molecule has 6 rings (SSSR count). The number of rotatable bonds is 1. The van der Waals surface area contributed by atoms with Crippen LogP contribution in [-0.2, 0) is 41.2 Å². The third kappa shape index (κ3) is 6.18. The zero-order chi connectivity index (χ0) is 30.4. The summed E-state index contributed by atoms with van der Waals surface area (Å²) in [7, 11) is -6.23. The molecule has 1 saturated carbocycles. The molecule has 2 heterocycles. The summed E-state index contributed by atoms with van der Waals surface area (Å²) in [5.41, 5.74) is 2.77. The minimum Gasteiger partial charge on any atom is -0.490 e. The Morgan fingerprint density at radius 2 is 1.93 bits per heavy atom. The Bertz CT molecular complexity index is 1660. The molecule has 43 heavy (non-hydrogen) atoms. The van der Waals surface area contributed by atoms with E-state index in [1.54, 1.807) is 25.3 Å². The Hall–Kier alpha value is -2.60. The molecule has 4 aliphatic rings. The fourth-order valence-electron chi connectivity index (χ4n) is 7.12. The number of sulfone groups is 1. The molecule has 1 N–H and O–H groups in total. The number of amides is 1. The molecule has 1 fully saturated rings. The van der Waals surface area contributed by atoms with E-state index in [0.29, 0.717) is 36.2 Å². The smallest absolute Gasteiger partial charge is 0.264 e. The zero-order valence-corrected chi connectivity index (χ0v) is 26.5. The van der Waals surface area contributed by atoms with Crippen LogP contribution in [-0.4, -0.2) is 67.2 Å². The molecule has 1 spiro atoms. The van der Waals surface area contributed by atoms with Gasteiger partial charge in [0.05, 0.1) is 34.8 Å². The Balaban J connectivity index is 1.43. The maximum Gasteiger partial charge on any atom is 0.264 e. The molecule has 2 aromatic carbocycles. The van der Waals surface area contributed by atoms with Crippen molar-refractivity contribution < 1.29 is 31.1 Å². The van der Waals surface area contributed by atoms with Crippen LogP contribution in [0.5, 0.6) is 5.75 Å². The summed E-state index contributed by atoms with van der Waals surface area (Å²) in [4.78, 5) is 14.8. The summed E-state index contributed by atoms with van der Waals surface area (Å²) in [6.07, 6.45) is 7.44. The number of ether oxygens (including phenoxy) is 2. The third-order valence-electron chi connectivity index (χ3n) is 9.51. The molecule has 4 atom stereocenters. The summed E-state index contributed by atoms with van der Waals surface area (Å²) >= 11 is 6.38. The number of carbonyl (C=O) groups excluding carboxylic acids is 1. The van der Waals surface area contributed by atoms with Gasteiger partial charge in [0.1, 0.15) is 5.75 Å². The fourth-order valence-corrected chi connectivity index (χ4v) is 9.42. The number of nitrogens with zero attached hydrogens (tertiary/aromatic N) is 1. The second kappa shape index (κ2) is 11.7. The van der Waals surface area contributed by atoms with Crippen molar-refractivity contribution in [2.75, 3.05) is 43.2 Å². The number of hydrogen-bond acceptors (Lipinski definition) is 8. The first-order valence-corrected chi connectivity index (χ1v) is 18.4. The third-order valence-corrected chi connectivity index (χ3v) is 12.6. The van der Waals surface area contributed by atoms with Crippen molar-refractivity contribution in [3.8, 4) is 5.75 Å². The normalized spacial score (nSPS) is 30.8. The van der Waals surface area contributed by atoms with Crippen molar-refractivity contribution in [3.05, 3.63) is 64.7 Å². The van der Waals surface area contributed by atoms with Crippen LogP contribution in [0.4, 0.5) is 5.69 Å². The van der Waals surface area contributed by atoms with Crippen LogP contribution in [0.15, 0.2) is 53.4 Å². The van der Waals surface area contributed by atoms with Gasteiger partial charge < -0.3 is 14.4 Å². The van der Waals surface area contributed by atoms with Crippen molar-refractivity contribution in [2.45, 2.75) is 54.9 Å². The first kappa shape index (κ1) is 30.4. The zero-order valence-electron chi connectivity index (χ0n) is 24.1. The van der Waals surface area contributed by atoms with Crippen LogP contribution in [0.25, 0.3) is 0 Å². The Morgan fingerprint density at radius 1 is 1.09 bits per heavy atom. The number of nitrogens with one attached hydrogen (secondary N) is 1. The Labute approximate surface area is 258 Å². The van der Waals surface area contributed by atoms with E-state index in [-0.39, 0.29) is 34.0 Å². The number of sulfonamides is 1. The number of fused-ring (bicyclic) bond motifs is 4. The van der Waals surface area contributed by atoms with E-state index < -0.39 is 37.9 Å². The number of halogens is 1. The van der Waals surface area contributed by atoms with Gasteiger partial charge >= 0.3 is 0 Å². The second-order valence-corrected chi connectivity index (χ2v) is 16.6. The van der Waals surface area contributed by atoms with Gasteiger partial charge in [0.2, 0.25) is 5.91 Å².